The SMILES string of the molecule is CCOC(=O)c1c(NCCCOC)sc(C#N)c1N. The van der Waals surface area contributed by atoms with Crippen LogP contribution in [0.2, 0.25) is 0 Å². The second kappa shape index (κ2) is 7.61. The number of rotatable bonds is 7. The zero-order valence-electron chi connectivity index (χ0n) is 11.0. The Balaban J connectivity index is 2.89. The van der Waals surface area contributed by atoms with E-state index in [2.05, 4.69) is 5.32 Å². The topological polar surface area (TPSA) is 97.4 Å². The van der Waals surface area contributed by atoms with Gasteiger partial charge in [-0.3, -0.25) is 0 Å². The van der Waals surface area contributed by atoms with Gasteiger partial charge in [-0.25, -0.2) is 4.79 Å². The van der Waals surface area contributed by atoms with Gasteiger partial charge in [0.2, 0.25) is 0 Å². The molecule has 1 aromatic heterocycles. The quantitative estimate of drug-likeness (QED) is 0.585. The summed E-state index contributed by atoms with van der Waals surface area (Å²) < 4.78 is 9.89. The van der Waals surface area contributed by atoms with Crippen LogP contribution in [-0.2, 0) is 9.47 Å². The Labute approximate surface area is 116 Å². The number of thiophene rings is 1. The second-order valence-electron chi connectivity index (χ2n) is 3.65. The van der Waals surface area contributed by atoms with Gasteiger partial charge in [0.05, 0.1) is 12.3 Å². The van der Waals surface area contributed by atoms with Crippen LogP contribution in [0.1, 0.15) is 28.6 Å². The molecule has 0 amide bonds. The largest absolute Gasteiger partial charge is 0.462 e. The van der Waals surface area contributed by atoms with Gasteiger partial charge < -0.3 is 20.5 Å². The van der Waals surface area contributed by atoms with E-state index in [9.17, 15) is 4.79 Å². The minimum absolute atomic E-state index is 0.181. The van der Waals surface area contributed by atoms with Crippen LogP contribution >= 0.6 is 11.3 Å². The molecular formula is C12H17N3O3S. The number of methoxy groups -OCH3 is 1. The normalized spacial score (nSPS) is 9.95. The van der Waals surface area contributed by atoms with Crippen molar-refractivity contribution >= 4 is 28.0 Å². The lowest BCUT2D eigenvalue weighted by molar-refractivity contribution is 0.0529. The van der Waals surface area contributed by atoms with Crippen LogP contribution in [0.5, 0.6) is 0 Å². The molecule has 0 fully saturated rings. The molecule has 0 bridgehead atoms. The fraction of sp³-hybridized carbons (Fsp3) is 0.500. The number of esters is 1. The first kappa shape index (κ1) is 15.3. The molecule has 0 saturated heterocycles. The van der Waals surface area contributed by atoms with Gasteiger partial charge in [0.1, 0.15) is 21.5 Å². The van der Waals surface area contributed by atoms with Crippen molar-refractivity contribution in [3.63, 3.8) is 0 Å². The Morgan fingerprint density at radius 3 is 2.89 bits per heavy atom. The van der Waals surface area contributed by atoms with Crippen molar-refractivity contribution in [1.29, 1.82) is 5.26 Å². The average molecular weight is 283 g/mol. The molecule has 0 atom stereocenters. The highest BCUT2D eigenvalue weighted by Crippen LogP contribution is 2.35. The first-order valence-corrected chi connectivity index (χ1v) is 6.69. The summed E-state index contributed by atoms with van der Waals surface area (Å²) in [5.41, 5.74) is 6.23. The second-order valence-corrected chi connectivity index (χ2v) is 4.68. The Kier molecular flexibility index (Phi) is 6.12. The summed E-state index contributed by atoms with van der Waals surface area (Å²) in [6.45, 7) is 3.23. The summed E-state index contributed by atoms with van der Waals surface area (Å²) in [6, 6.07) is 1.98. The minimum atomic E-state index is -0.507. The van der Waals surface area contributed by atoms with Crippen LogP contribution in [-0.4, -0.2) is 32.8 Å². The molecule has 0 aliphatic carbocycles. The lowest BCUT2D eigenvalue weighted by atomic mass is 10.2. The van der Waals surface area contributed by atoms with Gasteiger partial charge in [-0.05, 0) is 13.3 Å². The van der Waals surface area contributed by atoms with Gasteiger partial charge >= 0.3 is 5.97 Å². The Hall–Kier alpha value is -1.78. The van der Waals surface area contributed by atoms with Gasteiger partial charge in [-0.1, -0.05) is 0 Å². The van der Waals surface area contributed by atoms with Gasteiger partial charge in [-0.2, -0.15) is 5.26 Å². The molecule has 3 N–H and O–H groups in total. The number of ether oxygens (including phenoxy) is 2. The van der Waals surface area contributed by atoms with E-state index in [-0.39, 0.29) is 17.9 Å². The van der Waals surface area contributed by atoms with E-state index >= 15 is 0 Å². The summed E-state index contributed by atoms with van der Waals surface area (Å²) in [6.07, 6.45) is 0.790. The highest BCUT2D eigenvalue weighted by Gasteiger charge is 2.22. The summed E-state index contributed by atoms with van der Waals surface area (Å²) >= 11 is 1.16. The average Bonchev–Trinajstić information content (AvgIpc) is 2.71. The number of hydrogen-bond acceptors (Lipinski definition) is 7. The molecule has 19 heavy (non-hydrogen) atoms. The number of carbonyl (C=O) groups is 1. The lowest BCUT2D eigenvalue weighted by Gasteiger charge is -2.07. The van der Waals surface area contributed by atoms with Crippen molar-refractivity contribution in [1.82, 2.24) is 0 Å². The predicted octanol–water partition coefficient (Wildman–Crippen LogP) is 1.83. The van der Waals surface area contributed by atoms with E-state index in [0.29, 0.717) is 23.0 Å². The highest BCUT2D eigenvalue weighted by molar-refractivity contribution is 7.17. The number of nitrogens with zero attached hydrogens (tertiary/aromatic N) is 1. The summed E-state index contributed by atoms with van der Waals surface area (Å²) in [7, 11) is 1.63. The summed E-state index contributed by atoms with van der Waals surface area (Å²) in [5.74, 6) is -0.507. The fourth-order valence-electron chi connectivity index (χ4n) is 1.48. The number of nitrogens with one attached hydrogen (secondary N) is 1. The molecule has 0 aliphatic heterocycles. The van der Waals surface area contributed by atoms with Gasteiger partial charge in [0.25, 0.3) is 0 Å². The molecule has 1 heterocycles. The van der Waals surface area contributed by atoms with Crippen molar-refractivity contribution < 1.29 is 14.3 Å². The molecule has 0 aliphatic rings. The fourth-order valence-corrected chi connectivity index (χ4v) is 2.41. The van der Waals surface area contributed by atoms with Crippen molar-refractivity contribution in [3.8, 4) is 6.07 Å². The minimum Gasteiger partial charge on any atom is -0.462 e. The van der Waals surface area contributed by atoms with Crippen LogP contribution in [0.4, 0.5) is 10.7 Å². The lowest BCUT2D eigenvalue weighted by Crippen LogP contribution is -2.11. The van der Waals surface area contributed by atoms with E-state index in [1.54, 1.807) is 14.0 Å². The molecule has 7 heteroatoms. The predicted molar refractivity (Wildman–Crippen MR) is 74.4 cm³/mol. The van der Waals surface area contributed by atoms with Crippen LogP contribution < -0.4 is 11.1 Å². The van der Waals surface area contributed by atoms with Gasteiger partial charge in [-0.15, -0.1) is 11.3 Å². The Bertz CT molecular complexity index is 479. The number of carbonyl (C=O) groups excluding carboxylic acids is 1. The molecule has 0 saturated carbocycles. The third-order valence-corrected chi connectivity index (χ3v) is 3.40. The zero-order valence-corrected chi connectivity index (χ0v) is 11.8. The Morgan fingerprint density at radius 1 is 1.58 bits per heavy atom. The van der Waals surface area contributed by atoms with E-state index in [0.717, 1.165) is 17.8 Å². The van der Waals surface area contributed by atoms with Gasteiger partial charge in [0.15, 0.2) is 0 Å². The number of nitrogen functional groups attached to an aromatic ring is 1. The summed E-state index contributed by atoms with van der Waals surface area (Å²) in [5, 5.41) is 12.6. The molecule has 0 spiro atoms. The van der Waals surface area contributed by atoms with Crippen LogP contribution in [0, 0.1) is 11.3 Å². The molecule has 104 valence electrons. The number of hydrogen-bond donors (Lipinski definition) is 2. The molecule has 0 unspecified atom stereocenters. The van der Waals surface area contributed by atoms with E-state index in [1.807, 2.05) is 6.07 Å². The number of nitrogens with two attached hydrogens (primary N) is 1. The third kappa shape index (κ3) is 3.84. The van der Waals surface area contributed by atoms with Crippen molar-refractivity contribution in [2.24, 2.45) is 0 Å². The van der Waals surface area contributed by atoms with E-state index in [4.69, 9.17) is 20.5 Å². The van der Waals surface area contributed by atoms with Crippen molar-refractivity contribution in [3.05, 3.63) is 10.4 Å². The van der Waals surface area contributed by atoms with E-state index in [1.165, 1.54) is 0 Å². The maximum Gasteiger partial charge on any atom is 0.343 e. The standard InChI is InChI=1S/C12H17N3O3S/c1-3-18-12(16)9-10(14)8(7-13)19-11(9)15-5-4-6-17-2/h15H,3-6,14H2,1-2H3. The monoisotopic (exact) mass is 283 g/mol. The van der Waals surface area contributed by atoms with Crippen LogP contribution in [0.15, 0.2) is 0 Å². The molecule has 6 nitrogen and oxygen atoms in total. The Morgan fingerprint density at radius 2 is 2.32 bits per heavy atom. The molecule has 0 aromatic carbocycles. The van der Waals surface area contributed by atoms with E-state index < -0.39 is 5.97 Å². The molecule has 1 aromatic rings. The first-order chi connectivity index (χ1) is 9.15. The van der Waals surface area contributed by atoms with Crippen molar-refractivity contribution in [2.45, 2.75) is 13.3 Å². The highest BCUT2D eigenvalue weighted by atomic mass is 32.1. The molecule has 1 rings (SSSR count). The van der Waals surface area contributed by atoms with Crippen molar-refractivity contribution in [2.75, 3.05) is 37.9 Å². The first-order valence-electron chi connectivity index (χ1n) is 5.88. The maximum atomic E-state index is 11.8. The number of anilines is 2. The smallest absolute Gasteiger partial charge is 0.343 e. The third-order valence-electron chi connectivity index (χ3n) is 2.34. The van der Waals surface area contributed by atoms with Crippen LogP contribution in [0.3, 0.4) is 0 Å². The van der Waals surface area contributed by atoms with Crippen LogP contribution in [0.25, 0.3) is 0 Å². The maximum absolute atomic E-state index is 11.8. The molecule has 0 radical (unpaired) electrons. The number of nitriles is 1. The molecular weight excluding hydrogens is 266 g/mol. The zero-order chi connectivity index (χ0) is 14.3. The van der Waals surface area contributed by atoms with Gasteiger partial charge in [0, 0.05) is 20.3 Å². The summed E-state index contributed by atoms with van der Waals surface area (Å²) in [4.78, 5) is 12.2.